The van der Waals surface area contributed by atoms with Crippen LogP contribution in [0.2, 0.25) is 0 Å². The lowest BCUT2D eigenvalue weighted by molar-refractivity contribution is -0.178. The van der Waals surface area contributed by atoms with Crippen LogP contribution in [0.5, 0.6) is 0 Å². The summed E-state index contributed by atoms with van der Waals surface area (Å²) in [7, 11) is 0. The van der Waals surface area contributed by atoms with Crippen LogP contribution in [0.1, 0.15) is 18.9 Å². The molecule has 0 bridgehead atoms. The van der Waals surface area contributed by atoms with Crippen LogP contribution in [0.4, 0.5) is 13.2 Å². The van der Waals surface area contributed by atoms with E-state index in [1.54, 1.807) is 11.4 Å². The summed E-state index contributed by atoms with van der Waals surface area (Å²) in [5, 5.41) is 10.8. The molecule has 1 aromatic carbocycles. The Labute approximate surface area is 107 Å². The lowest BCUT2D eigenvalue weighted by Crippen LogP contribution is -2.55. The van der Waals surface area contributed by atoms with Crippen molar-refractivity contribution in [2.75, 3.05) is 0 Å². The van der Waals surface area contributed by atoms with E-state index in [0.717, 1.165) is 0 Å². The first-order chi connectivity index (χ1) is 8.74. The molecule has 0 aliphatic heterocycles. The topological polar surface area (TPSA) is 66.4 Å². The van der Waals surface area contributed by atoms with Gasteiger partial charge in [-0.15, -0.1) is 0 Å². The molecule has 0 heterocycles. The van der Waals surface area contributed by atoms with Gasteiger partial charge in [0, 0.05) is 0 Å². The number of carboxylic acids is 1. The molecule has 0 saturated heterocycles. The number of alkyl halides is 3. The van der Waals surface area contributed by atoms with E-state index in [-0.39, 0.29) is 12.0 Å². The highest BCUT2D eigenvalue weighted by Crippen LogP contribution is 2.27. The summed E-state index contributed by atoms with van der Waals surface area (Å²) in [5.74, 6) is -3.82. The Morgan fingerprint density at radius 3 is 2.11 bits per heavy atom. The summed E-state index contributed by atoms with van der Waals surface area (Å²) >= 11 is 0. The molecule has 2 N–H and O–H groups in total. The monoisotopic (exact) mass is 275 g/mol. The van der Waals surface area contributed by atoms with Crippen LogP contribution in [0.15, 0.2) is 30.3 Å². The van der Waals surface area contributed by atoms with Gasteiger partial charge in [0.25, 0.3) is 0 Å². The number of carbonyl (C=O) groups is 2. The van der Waals surface area contributed by atoms with Gasteiger partial charge in [0.1, 0.15) is 0 Å². The molecule has 0 spiro atoms. The number of halogens is 3. The van der Waals surface area contributed by atoms with Crippen LogP contribution in [0.3, 0.4) is 0 Å². The highest BCUT2D eigenvalue weighted by molar-refractivity contribution is 5.90. The standard InChI is InChI=1S/C12H12F3NO3/c1-2-11(10(18)19,8-6-4-3-5-7-8)16-9(17)12(13,14)15/h3-7H,2H2,1H3,(H,16,17)(H,18,19). The predicted octanol–water partition coefficient (Wildman–Crippen LogP) is 2.05. The largest absolute Gasteiger partial charge is 0.479 e. The zero-order valence-corrected chi connectivity index (χ0v) is 9.99. The Hall–Kier alpha value is -2.05. The maximum atomic E-state index is 12.3. The number of carboxylic acid groups (broad SMARTS) is 1. The average molecular weight is 275 g/mol. The molecule has 1 atom stereocenters. The van der Waals surface area contributed by atoms with Crippen LogP contribution in [-0.2, 0) is 15.1 Å². The van der Waals surface area contributed by atoms with E-state index >= 15 is 0 Å². The van der Waals surface area contributed by atoms with Crippen molar-refractivity contribution >= 4 is 11.9 Å². The average Bonchev–Trinajstić information content (AvgIpc) is 2.35. The van der Waals surface area contributed by atoms with E-state index < -0.39 is 23.6 Å². The first-order valence-corrected chi connectivity index (χ1v) is 5.42. The van der Waals surface area contributed by atoms with Gasteiger partial charge >= 0.3 is 18.1 Å². The van der Waals surface area contributed by atoms with Crippen LogP contribution in [0, 0.1) is 0 Å². The minimum Gasteiger partial charge on any atom is -0.479 e. The van der Waals surface area contributed by atoms with E-state index in [1.165, 1.54) is 31.2 Å². The van der Waals surface area contributed by atoms with Crippen LogP contribution in [0.25, 0.3) is 0 Å². The van der Waals surface area contributed by atoms with Crippen molar-refractivity contribution in [3.05, 3.63) is 35.9 Å². The third-order valence-electron chi connectivity index (χ3n) is 2.75. The number of benzene rings is 1. The third-order valence-corrected chi connectivity index (χ3v) is 2.75. The second-order valence-corrected chi connectivity index (χ2v) is 3.88. The number of aliphatic carboxylic acids is 1. The minimum atomic E-state index is -5.13. The minimum absolute atomic E-state index is 0.0857. The zero-order valence-electron chi connectivity index (χ0n) is 9.99. The van der Waals surface area contributed by atoms with Gasteiger partial charge in [0.05, 0.1) is 0 Å². The SMILES string of the molecule is CCC(NC(=O)C(F)(F)F)(C(=O)O)c1ccccc1. The lowest BCUT2D eigenvalue weighted by Gasteiger charge is -2.30. The Morgan fingerprint density at radius 2 is 1.74 bits per heavy atom. The van der Waals surface area contributed by atoms with Crippen molar-refractivity contribution in [1.82, 2.24) is 5.32 Å². The molecule has 1 rings (SSSR count). The molecule has 104 valence electrons. The van der Waals surface area contributed by atoms with Gasteiger partial charge in [-0.2, -0.15) is 13.2 Å². The fraction of sp³-hybridized carbons (Fsp3) is 0.333. The molecule has 1 amide bonds. The maximum Gasteiger partial charge on any atom is 0.471 e. The summed E-state index contributed by atoms with van der Waals surface area (Å²) < 4.78 is 36.9. The molecule has 1 unspecified atom stereocenters. The quantitative estimate of drug-likeness (QED) is 0.883. The Morgan fingerprint density at radius 1 is 1.21 bits per heavy atom. The number of amides is 1. The fourth-order valence-corrected chi connectivity index (χ4v) is 1.68. The zero-order chi connectivity index (χ0) is 14.7. The van der Waals surface area contributed by atoms with E-state index in [4.69, 9.17) is 0 Å². The Balaban J connectivity index is 3.22. The molecule has 0 aromatic heterocycles. The van der Waals surface area contributed by atoms with Crippen molar-refractivity contribution in [3.63, 3.8) is 0 Å². The van der Waals surface area contributed by atoms with E-state index in [0.29, 0.717) is 0 Å². The number of carbonyl (C=O) groups excluding carboxylic acids is 1. The highest BCUT2D eigenvalue weighted by Gasteiger charge is 2.47. The van der Waals surface area contributed by atoms with Gasteiger partial charge in [-0.25, -0.2) is 4.79 Å². The van der Waals surface area contributed by atoms with Crippen molar-refractivity contribution < 1.29 is 27.9 Å². The summed E-state index contributed by atoms with van der Waals surface area (Å²) in [5.41, 5.74) is -2.00. The van der Waals surface area contributed by atoms with Crippen LogP contribution < -0.4 is 5.32 Å². The second kappa shape index (κ2) is 5.29. The molecular formula is C12H12F3NO3. The molecule has 19 heavy (non-hydrogen) atoms. The number of hydrogen-bond acceptors (Lipinski definition) is 2. The highest BCUT2D eigenvalue weighted by atomic mass is 19.4. The predicted molar refractivity (Wildman–Crippen MR) is 60.2 cm³/mol. The molecule has 0 aliphatic rings. The molecule has 0 saturated carbocycles. The first-order valence-electron chi connectivity index (χ1n) is 5.42. The Bertz CT molecular complexity index is 473. The smallest absolute Gasteiger partial charge is 0.471 e. The van der Waals surface area contributed by atoms with Crippen molar-refractivity contribution in [3.8, 4) is 0 Å². The Kier molecular flexibility index (Phi) is 4.18. The number of hydrogen-bond donors (Lipinski definition) is 2. The molecule has 0 fully saturated rings. The van der Waals surface area contributed by atoms with E-state index in [9.17, 15) is 27.9 Å². The number of nitrogens with one attached hydrogen (secondary N) is 1. The molecule has 1 aromatic rings. The van der Waals surface area contributed by atoms with Gasteiger partial charge in [0.2, 0.25) is 0 Å². The molecule has 0 aliphatic carbocycles. The van der Waals surface area contributed by atoms with Gasteiger partial charge in [0.15, 0.2) is 5.54 Å². The van der Waals surface area contributed by atoms with Gasteiger partial charge < -0.3 is 10.4 Å². The normalized spacial score (nSPS) is 14.5. The van der Waals surface area contributed by atoms with Crippen molar-refractivity contribution in [2.45, 2.75) is 25.1 Å². The van der Waals surface area contributed by atoms with Gasteiger partial charge in [-0.1, -0.05) is 37.3 Å². The summed E-state index contributed by atoms with van der Waals surface area (Å²) in [4.78, 5) is 22.4. The molecule has 0 radical (unpaired) electrons. The third kappa shape index (κ3) is 3.04. The van der Waals surface area contributed by atoms with E-state index in [2.05, 4.69) is 0 Å². The summed E-state index contributed by atoms with van der Waals surface area (Å²) in [6, 6.07) is 7.28. The first kappa shape index (κ1) is 15.0. The maximum absolute atomic E-state index is 12.3. The van der Waals surface area contributed by atoms with Gasteiger partial charge in [-0.05, 0) is 12.0 Å². The second-order valence-electron chi connectivity index (χ2n) is 3.88. The molecule has 7 heteroatoms. The number of rotatable bonds is 4. The van der Waals surface area contributed by atoms with E-state index in [1.807, 2.05) is 0 Å². The lowest BCUT2D eigenvalue weighted by atomic mass is 9.87. The summed E-state index contributed by atoms with van der Waals surface area (Å²) in [6.07, 6.45) is -5.35. The summed E-state index contributed by atoms with van der Waals surface area (Å²) in [6.45, 7) is 1.39. The fourth-order valence-electron chi connectivity index (χ4n) is 1.68. The molecular weight excluding hydrogens is 263 g/mol. The molecule has 4 nitrogen and oxygen atoms in total. The van der Waals surface area contributed by atoms with Crippen LogP contribution in [-0.4, -0.2) is 23.2 Å². The van der Waals surface area contributed by atoms with Crippen molar-refractivity contribution in [2.24, 2.45) is 0 Å². The van der Waals surface area contributed by atoms with Gasteiger partial charge in [-0.3, -0.25) is 4.79 Å². The van der Waals surface area contributed by atoms with Crippen molar-refractivity contribution in [1.29, 1.82) is 0 Å². The van der Waals surface area contributed by atoms with Crippen LogP contribution >= 0.6 is 0 Å².